The Hall–Kier alpha value is -1.63. The van der Waals surface area contributed by atoms with Crippen LogP contribution in [-0.4, -0.2) is 29.1 Å². The minimum Gasteiger partial charge on any atom is -0.480 e. The van der Waals surface area contributed by atoms with E-state index in [9.17, 15) is 14.4 Å². The van der Waals surface area contributed by atoms with Crippen LogP contribution in [0.5, 0.6) is 0 Å². The van der Waals surface area contributed by atoms with Gasteiger partial charge in [-0.05, 0) is 0 Å². The maximum Gasteiger partial charge on any atom is 0.335 e. The average molecular weight is 159 g/mol. The molecule has 0 saturated carbocycles. The third-order valence-electron chi connectivity index (χ3n) is 1.08. The number of carbonyl (C=O) groups is 3. The number of carboxylic acids is 1. The maximum atomic E-state index is 10.6. The zero-order valence-corrected chi connectivity index (χ0v) is 5.25. The van der Waals surface area contributed by atoms with Crippen LogP contribution in [0.15, 0.2) is 0 Å². The molecule has 0 aliphatic carbocycles. The summed E-state index contributed by atoms with van der Waals surface area (Å²) in [5, 5.41) is 10.1. The van der Waals surface area contributed by atoms with Crippen LogP contribution in [-0.2, 0) is 9.59 Å². The number of carboxylic acid groups (broad SMARTS) is 1. The van der Waals surface area contributed by atoms with Gasteiger partial charge in [-0.1, -0.05) is 0 Å². The number of hydrogen-bond acceptors (Lipinski definition) is 4. The summed E-state index contributed by atoms with van der Waals surface area (Å²) in [6, 6.07) is -2.17. The van der Waals surface area contributed by atoms with Crippen molar-refractivity contribution in [3.63, 3.8) is 0 Å². The molecule has 0 aromatic rings. The lowest BCUT2D eigenvalue weighted by atomic mass is 10.3. The van der Waals surface area contributed by atoms with Crippen molar-refractivity contribution in [1.29, 1.82) is 0 Å². The molecule has 1 rings (SSSR count). The number of carbonyl (C=O) groups excluding carboxylic acids is 2. The Morgan fingerprint density at radius 2 is 2.09 bits per heavy atom. The zero-order valence-electron chi connectivity index (χ0n) is 5.25. The number of urea groups is 1. The first-order chi connectivity index (χ1) is 5.11. The van der Waals surface area contributed by atoms with Crippen molar-refractivity contribution in [2.45, 2.75) is 6.04 Å². The van der Waals surface area contributed by atoms with Crippen molar-refractivity contribution in [3.05, 3.63) is 0 Å². The first-order valence-corrected chi connectivity index (χ1v) is 2.70. The molecule has 0 spiro atoms. The third kappa shape index (κ3) is 1.44. The van der Waals surface area contributed by atoms with Crippen LogP contribution in [0.2, 0.25) is 0 Å². The zero-order chi connectivity index (χ0) is 8.43. The number of amides is 3. The molecule has 7 heteroatoms. The molecule has 0 aromatic heterocycles. The molecule has 11 heavy (non-hydrogen) atoms. The second-order valence-corrected chi connectivity index (χ2v) is 1.86. The molecule has 1 aliphatic rings. The third-order valence-corrected chi connectivity index (χ3v) is 1.08. The molecule has 4 N–H and O–H groups in total. The van der Waals surface area contributed by atoms with Crippen LogP contribution < -0.4 is 16.2 Å². The summed E-state index contributed by atoms with van der Waals surface area (Å²) in [7, 11) is 0. The largest absolute Gasteiger partial charge is 0.480 e. The van der Waals surface area contributed by atoms with Crippen LogP contribution in [0.4, 0.5) is 4.79 Å². The van der Waals surface area contributed by atoms with Gasteiger partial charge in [0.05, 0.1) is 0 Å². The van der Waals surface area contributed by atoms with Gasteiger partial charge in [-0.3, -0.25) is 15.5 Å². The summed E-state index contributed by atoms with van der Waals surface area (Å²) < 4.78 is 0. The van der Waals surface area contributed by atoms with Gasteiger partial charge in [0.1, 0.15) is 0 Å². The second kappa shape index (κ2) is 2.54. The Labute approximate surface area is 60.7 Å². The van der Waals surface area contributed by atoms with E-state index in [2.05, 4.69) is 0 Å². The maximum absolute atomic E-state index is 10.6. The Kier molecular flexibility index (Phi) is 1.73. The lowest BCUT2D eigenvalue weighted by Crippen LogP contribution is -2.64. The van der Waals surface area contributed by atoms with Gasteiger partial charge < -0.3 is 5.11 Å². The Morgan fingerprint density at radius 3 is 2.55 bits per heavy atom. The van der Waals surface area contributed by atoms with E-state index in [-0.39, 0.29) is 0 Å². The summed E-state index contributed by atoms with van der Waals surface area (Å²) in [5.41, 5.74) is 3.95. The molecule has 1 aliphatic heterocycles. The Bertz CT molecular complexity index is 225. The minimum absolute atomic E-state index is 0.757. The predicted molar refractivity (Wildman–Crippen MR) is 31.2 cm³/mol. The lowest BCUT2D eigenvalue weighted by molar-refractivity contribution is -0.144. The van der Waals surface area contributed by atoms with E-state index < -0.39 is 23.9 Å². The van der Waals surface area contributed by atoms with E-state index in [1.807, 2.05) is 10.9 Å². The number of rotatable bonds is 1. The number of aliphatic carboxylic acids is 1. The monoisotopic (exact) mass is 159 g/mol. The van der Waals surface area contributed by atoms with Gasteiger partial charge in [-0.25, -0.2) is 15.0 Å². The van der Waals surface area contributed by atoms with Crippen molar-refractivity contribution in [3.8, 4) is 0 Å². The number of imide groups is 1. The van der Waals surface area contributed by atoms with E-state index in [0.29, 0.717) is 0 Å². The lowest BCUT2D eigenvalue weighted by Gasteiger charge is -2.19. The van der Waals surface area contributed by atoms with Crippen LogP contribution in [0.25, 0.3) is 0 Å². The fourth-order valence-corrected chi connectivity index (χ4v) is 0.592. The average Bonchev–Trinajstić information content (AvgIpc) is 1.85. The van der Waals surface area contributed by atoms with Crippen LogP contribution in [0, 0.1) is 0 Å². The highest BCUT2D eigenvalue weighted by molar-refractivity contribution is 6.09. The smallest absolute Gasteiger partial charge is 0.335 e. The van der Waals surface area contributed by atoms with E-state index in [4.69, 9.17) is 5.11 Å². The molecular formula is C4H5N3O4. The molecule has 1 atom stereocenters. The Balaban J connectivity index is 2.65. The summed E-state index contributed by atoms with van der Waals surface area (Å²) in [4.78, 5) is 31.2. The van der Waals surface area contributed by atoms with Gasteiger partial charge in [-0.15, -0.1) is 0 Å². The van der Waals surface area contributed by atoms with Gasteiger partial charge in [0.25, 0.3) is 5.91 Å². The molecule has 60 valence electrons. The number of nitrogens with one attached hydrogen (secondary N) is 3. The second-order valence-electron chi connectivity index (χ2n) is 1.86. The summed E-state index contributed by atoms with van der Waals surface area (Å²) >= 11 is 0. The molecule has 0 aromatic carbocycles. The summed E-state index contributed by atoms with van der Waals surface area (Å²) in [5.74, 6) is -2.22. The van der Waals surface area contributed by atoms with E-state index in [0.717, 1.165) is 0 Å². The highest BCUT2D eigenvalue weighted by atomic mass is 16.4. The first kappa shape index (κ1) is 7.48. The van der Waals surface area contributed by atoms with Crippen molar-refractivity contribution >= 4 is 17.9 Å². The highest BCUT2D eigenvalue weighted by Gasteiger charge is 2.31. The Morgan fingerprint density at radius 1 is 1.45 bits per heavy atom. The molecule has 1 fully saturated rings. The molecule has 1 saturated heterocycles. The van der Waals surface area contributed by atoms with Gasteiger partial charge >= 0.3 is 12.0 Å². The van der Waals surface area contributed by atoms with Crippen molar-refractivity contribution < 1.29 is 19.5 Å². The summed E-state index contributed by atoms with van der Waals surface area (Å²) in [6.07, 6.45) is 0. The highest BCUT2D eigenvalue weighted by Crippen LogP contribution is 1.86. The molecule has 0 bridgehead atoms. The van der Waals surface area contributed by atoms with Crippen LogP contribution >= 0.6 is 0 Å². The fourth-order valence-electron chi connectivity index (χ4n) is 0.592. The van der Waals surface area contributed by atoms with Crippen molar-refractivity contribution in [2.24, 2.45) is 0 Å². The van der Waals surface area contributed by atoms with Gasteiger partial charge in [-0.2, -0.15) is 0 Å². The van der Waals surface area contributed by atoms with Crippen molar-refractivity contribution in [2.75, 3.05) is 0 Å². The molecule has 0 radical (unpaired) electrons. The molecule has 7 nitrogen and oxygen atoms in total. The van der Waals surface area contributed by atoms with E-state index >= 15 is 0 Å². The quantitative estimate of drug-likeness (QED) is 0.324. The number of hydrogen-bond donors (Lipinski definition) is 4. The van der Waals surface area contributed by atoms with Gasteiger partial charge in [0, 0.05) is 0 Å². The topological polar surface area (TPSA) is 108 Å². The molecule has 1 unspecified atom stereocenters. The minimum atomic E-state index is -1.41. The molecular weight excluding hydrogens is 154 g/mol. The number of hydrazine groups is 1. The van der Waals surface area contributed by atoms with Crippen LogP contribution in [0.1, 0.15) is 0 Å². The SMILES string of the molecule is O=C1NNC(C(=O)O)C(=O)N1. The summed E-state index contributed by atoms with van der Waals surface area (Å²) in [6.45, 7) is 0. The first-order valence-electron chi connectivity index (χ1n) is 2.70. The van der Waals surface area contributed by atoms with Crippen LogP contribution in [0.3, 0.4) is 0 Å². The fraction of sp³-hybridized carbons (Fsp3) is 0.250. The van der Waals surface area contributed by atoms with E-state index in [1.165, 1.54) is 0 Å². The van der Waals surface area contributed by atoms with Crippen molar-refractivity contribution in [1.82, 2.24) is 16.2 Å². The van der Waals surface area contributed by atoms with E-state index in [1.54, 1.807) is 5.32 Å². The van der Waals surface area contributed by atoms with Gasteiger partial charge in [0.2, 0.25) is 6.04 Å². The normalized spacial score (nSPS) is 23.8. The molecule has 1 heterocycles. The standard InChI is InChI=1S/C4H5N3O4/c8-2-1(3(9)10)6-7-4(11)5-2/h1,6H,(H,9,10)(H2,5,7,8,11). The van der Waals surface area contributed by atoms with Gasteiger partial charge in [0.15, 0.2) is 0 Å². The molecule has 3 amide bonds. The predicted octanol–water partition coefficient (Wildman–Crippen LogP) is -2.22.